The molecule has 0 saturated carbocycles. The fourth-order valence-electron chi connectivity index (χ4n) is 2.01. The lowest BCUT2D eigenvalue weighted by atomic mass is 9.91. The van der Waals surface area contributed by atoms with Crippen molar-refractivity contribution in [2.45, 2.75) is 12.8 Å². The van der Waals surface area contributed by atoms with Crippen LogP contribution < -0.4 is 0 Å². The van der Waals surface area contributed by atoms with Crippen molar-refractivity contribution in [1.29, 1.82) is 0 Å². The average Bonchev–Trinajstić information content (AvgIpc) is 2.45. The summed E-state index contributed by atoms with van der Waals surface area (Å²) in [6.45, 7) is 5.53. The smallest absolute Gasteiger partial charge is 0.125 e. The van der Waals surface area contributed by atoms with Crippen LogP contribution in [0.25, 0.3) is 0 Å². The topological polar surface area (TPSA) is 40.5 Å². The van der Waals surface area contributed by atoms with Gasteiger partial charge in [-0.15, -0.1) is 6.58 Å². The van der Waals surface area contributed by atoms with Crippen LogP contribution in [0.4, 0.5) is 0 Å². The van der Waals surface area contributed by atoms with Crippen molar-refractivity contribution in [3.8, 4) is 11.5 Å². The highest BCUT2D eigenvalue weighted by molar-refractivity contribution is 5.52. The van der Waals surface area contributed by atoms with Crippen LogP contribution >= 0.6 is 0 Å². The fraction of sp³-hybridized carbons (Fsp3) is 0.118. The van der Waals surface area contributed by atoms with Crippen molar-refractivity contribution in [3.05, 3.63) is 78.2 Å². The molecule has 0 spiro atoms. The van der Waals surface area contributed by atoms with Crippen molar-refractivity contribution in [2.24, 2.45) is 0 Å². The van der Waals surface area contributed by atoms with E-state index in [0.29, 0.717) is 11.1 Å². The van der Waals surface area contributed by atoms with Gasteiger partial charge in [-0.25, -0.2) is 0 Å². The molecule has 0 fully saturated rings. The Morgan fingerprint density at radius 2 is 1.74 bits per heavy atom. The number of phenols is 2. The number of rotatable bonds is 4. The predicted octanol–water partition coefficient (Wildman–Crippen LogP) is 3.93. The van der Waals surface area contributed by atoms with Crippen molar-refractivity contribution in [3.63, 3.8) is 0 Å². The molecule has 1 unspecified atom stereocenters. The maximum Gasteiger partial charge on any atom is 0.125 e. The Morgan fingerprint density at radius 3 is 2.37 bits per heavy atom. The summed E-state index contributed by atoms with van der Waals surface area (Å²) in [7, 11) is 0. The second kappa shape index (κ2) is 5.61. The van der Waals surface area contributed by atoms with Crippen LogP contribution in [0.2, 0.25) is 0 Å². The number of aromatic hydroxyl groups is 2. The molecule has 19 heavy (non-hydrogen) atoms. The zero-order valence-corrected chi connectivity index (χ0v) is 10.9. The number of phenolic OH excluding ortho intramolecular Hbond substituents is 2. The van der Waals surface area contributed by atoms with Crippen LogP contribution in [0, 0.1) is 13.3 Å². The lowest BCUT2D eigenvalue weighted by molar-refractivity contribution is 0.441. The normalized spacial score (nSPS) is 12.1. The molecular weight excluding hydrogens is 236 g/mol. The second-order valence-corrected chi connectivity index (χ2v) is 4.49. The first-order valence-electron chi connectivity index (χ1n) is 6.17. The van der Waals surface area contributed by atoms with Gasteiger partial charge in [-0.2, -0.15) is 0 Å². The summed E-state index contributed by atoms with van der Waals surface area (Å²) in [4.78, 5) is 0. The van der Waals surface area contributed by atoms with E-state index in [4.69, 9.17) is 0 Å². The molecule has 1 atom stereocenters. The Kier molecular flexibility index (Phi) is 3.91. The third-order valence-electron chi connectivity index (χ3n) is 3.23. The quantitative estimate of drug-likeness (QED) is 0.810. The van der Waals surface area contributed by atoms with Crippen LogP contribution in [-0.2, 0) is 0 Å². The Morgan fingerprint density at radius 1 is 1.05 bits per heavy atom. The van der Waals surface area contributed by atoms with E-state index >= 15 is 0 Å². The summed E-state index contributed by atoms with van der Waals surface area (Å²) in [5.41, 5.74) is 2.30. The van der Waals surface area contributed by atoms with Gasteiger partial charge in [0.25, 0.3) is 0 Å². The van der Waals surface area contributed by atoms with Crippen molar-refractivity contribution < 1.29 is 10.2 Å². The van der Waals surface area contributed by atoms with Gasteiger partial charge in [-0.3, -0.25) is 0 Å². The van der Waals surface area contributed by atoms with Gasteiger partial charge in [0.05, 0.1) is 0 Å². The molecule has 0 saturated heterocycles. The molecule has 0 aliphatic rings. The highest BCUT2D eigenvalue weighted by atomic mass is 16.3. The lowest BCUT2D eigenvalue weighted by Crippen LogP contribution is -1.98. The predicted molar refractivity (Wildman–Crippen MR) is 77.3 cm³/mol. The van der Waals surface area contributed by atoms with Gasteiger partial charge < -0.3 is 10.2 Å². The van der Waals surface area contributed by atoms with Gasteiger partial charge >= 0.3 is 0 Å². The Hall–Kier alpha value is -2.22. The van der Waals surface area contributed by atoms with Crippen molar-refractivity contribution in [2.75, 3.05) is 0 Å². The lowest BCUT2D eigenvalue weighted by Gasteiger charge is -2.15. The Balaban J connectivity index is 2.29. The molecule has 2 nitrogen and oxygen atoms in total. The van der Waals surface area contributed by atoms with E-state index in [1.54, 1.807) is 19.1 Å². The molecule has 0 aliphatic carbocycles. The van der Waals surface area contributed by atoms with Crippen molar-refractivity contribution in [1.82, 2.24) is 0 Å². The highest BCUT2D eigenvalue weighted by Gasteiger charge is 2.14. The van der Waals surface area contributed by atoms with Crippen LogP contribution in [0.1, 0.15) is 22.6 Å². The van der Waals surface area contributed by atoms with Crippen LogP contribution in [-0.4, -0.2) is 10.2 Å². The van der Waals surface area contributed by atoms with Gasteiger partial charge in [-0.05, 0) is 24.1 Å². The van der Waals surface area contributed by atoms with E-state index in [0.717, 1.165) is 5.56 Å². The average molecular weight is 253 g/mol. The molecule has 0 bridgehead atoms. The van der Waals surface area contributed by atoms with E-state index in [-0.39, 0.29) is 17.4 Å². The minimum absolute atomic E-state index is 0.0241. The third kappa shape index (κ3) is 2.79. The molecule has 0 aliphatic heterocycles. The standard InChI is InChI=1S/C17H17O2/c1-3-13(14-7-5-4-6-8-14)11-15-9-10-16(18)12(2)17(15)19/h3-11,13,18-19H,1H2,2H3. The van der Waals surface area contributed by atoms with E-state index < -0.39 is 0 Å². The first-order valence-corrected chi connectivity index (χ1v) is 6.17. The molecular formula is C17H17O2. The number of hydrogen-bond acceptors (Lipinski definition) is 2. The molecule has 1 radical (unpaired) electrons. The summed E-state index contributed by atoms with van der Waals surface area (Å²) < 4.78 is 0. The summed E-state index contributed by atoms with van der Waals surface area (Å²) in [6, 6.07) is 13.2. The maximum absolute atomic E-state index is 10.0. The highest BCUT2D eigenvalue weighted by Crippen LogP contribution is 2.34. The molecule has 0 amide bonds. The van der Waals surface area contributed by atoms with Gasteiger partial charge in [0, 0.05) is 17.9 Å². The summed E-state index contributed by atoms with van der Waals surface area (Å²) in [6.07, 6.45) is 3.76. The second-order valence-electron chi connectivity index (χ2n) is 4.49. The largest absolute Gasteiger partial charge is 0.508 e. The fourth-order valence-corrected chi connectivity index (χ4v) is 2.01. The molecule has 97 valence electrons. The molecule has 0 heterocycles. The van der Waals surface area contributed by atoms with Gasteiger partial charge in [0.2, 0.25) is 0 Å². The van der Waals surface area contributed by atoms with E-state index in [1.807, 2.05) is 42.8 Å². The summed E-state index contributed by atoms with van der Waals surface area (Å²) in [5, 5.41) is 19.6. The van der Waals surface area contributed by atoms with Crippen LogP contribution in [0.3, 0.4) is 0 Å². The van der Waals surface area contributed by atoms with Crippen LogP contribution in [0.5, 0.6) is 11.5 Å². The number of hydrogen-bond donors (Lipinski definition) is 2. The number of benzene rings is 2. The minimum Gasteiger partial charge on any atom is -0.508 e. The molecule has 2 aromatic carbocycles. The summed E-state index contributed by atoms with van der Waals surface area (Å²) >= 11 is 0. The Bertz CT molecular complexity index is 573. The SMILES string of the molecule is C=CC([CH]c1ccc(O)c(C)c1O)c1ccccc1. The molecule has 2 aromatic rings. The zero-order valence-electron chi connectivity index (χ0n) is 10.9. The molecule has 2 N–H and O–H groups in total. The minimum atomic E-state index is 0.0241. The van der Waals surface area contributed by atoms with Gasteiger partial charge in [-0.1, -0.05) is 42.5 Å². The van der Waals surface area contributed by atoms with Crippen LogP contribution in [0.15, 0.2) is 55.1 Å². The van der Waals surface area contributed by atoms with E-state index in [9.17, 15) is 10.2 Å². The number of allylic oxidation sites excluding steroid dienone is 1. The van der Waals surface area contributed by atoms with E-state index in [2.05, 4.69) is 6.58 Å². The van der Waals surface area contributed by atoms with E-state index in [1.165, 1.54) is 0 Å². The summed E-state index contributed by atoms with van der Waals surface area (Å²) in [5.74, 6) is 0.239. The zero-order chi connectivity index (χ0) is 13.8. The first-order chi connectivity index (χ1) is 9.13. The third-order valence-corrected chi connectivity index (χ3v) is 3.23. The Labute approximate surface area is 113 Å². The van der Waals surface area contributed by atoms with Gasteiger partial charge in [0.1, 0.15) is 11.5 Å². The molecule has 0 aromatic heterocycles. The maximum atomic E-state index is 10.0. The molecule has 2 rings (SSSR count). The first kappa shape index (κ1) is 13.2. The van der Waals surface area contributed by atoms with Crippen molar-refractivity contribution >= 4 is 0 Å². The monoisotopic (exact) mass is 253 g/mol. The molecule has 2 heteroatoms. The van der Waals surface area contributed by atoms with Gasteiger partial charge in [0.15, 0.2) is 0 Å².